The van der Waals surface area contributed by atoms with E-state index in [-0.39, 0.29) is 5.56 Å². The van der Waals surface area contributed by atoms with Crippen LogP contribution < -0.4 is 5.56 Å². The number of aliphatic imine (C=N–C) groups is 1. The van der Waals surface area contributed by atoms with E-state index >= 15 is 0 Å². The van der Waals surface area contributed by atoms with Crippen LogP contribution in [0, 0.1) is 6.92 Å². The van der Waals surface area contributed by atoms with Crippen molar-refractivity contribution < 1.29 is 0 Å². The highest BCUT2D eigenvalue weighted by molar-refractivity contribution is 7.18. The van der Waals surface area contributed by atoms with E-state index < -0.39 is 0 Å². The Morgan fingerprint density at radius 1 is 1.31 bits per heavy atom. The summed E-state index contributed by atoms with van der Waals surface area (Å²) in [6, 6.07) is 6.09. The third kappa shape index (κ3) is 3.23. The summed E-state index contributed by atoms with van der Waals surface area (Å²) in [4.78, 5) is 24.3. The summed E-state index contributed by atoms with van der Waals surface area (Å²) in [7, 11) is 0. The van der Waals surface area contributed by atoms with Gasteiger partial charge in [0.25, 0.3) is 5.56 Å². The highest BCUT2D eigenvalue weighted by Crippen LogP contribution is 2.34. The fourth-order valence-corrected chi connectivity index (χ4v) is 4.70. The second kappa shape index (κ2) is 7.96. The van der Waals surface area contributed by atoms with Crippen molar-refractivity contribution >= 4 is 33.5 Å². The maximum Gasteiger partial charge on any atom is 0.262 e. The first-order chi connectivity index (χ1) is 12.7. The highest BCUT2D eigenvalue weighted by Gasteiger charge is 2.21. The summed E-state index contributed by atoms with van der Waals surface area (Å²) in [5.74, 6) is 0. The minimum absolute atomic E-state index is 0.0762. The van der Waals surface area contributed by atoms with Crippen LogP contribution in [0.25, 0.3) is 10.2 Å². The molecule has 1 aromatic carbocycles. The molecule has 0 bridgehead atoms. The smallest absolute Gasteiger partial charge is 0.262 e. The van der Waals surface area contributed by atoms with E-state index in [1.165, 1.54) is 10.4 Å². The number of aryl methyl sites for hydroxylation is 3. The number of nitrogens with zero attached hydrogens (tertiary/aromatic N) is 3. The largest absolute Gasteiger partial charge is 0.294 e. The van der Waals surface area contributed by atoms with Gasteiger partial charge in [0, 0.05) is 11.1 Å². The zero-order valence-electron chi connectivity index (χ0n) is 15.9. The highest BCUT2D eigenvalue weighted by atomic mass is 32.1. The Morgan fingerprint density at radius 3 is 2.88 bits per heavy atom. The van der Waals surface area contributed by atoms with Gasteiger partial charge in [-0.05, 0) is 49.8 Å². The van der Waals surface area contributed by atoms with E-state index in [4.69, 9.17) is 0 Å². The van der Waals surface area contributed by atoms with Crippen molar-refractivity contribution in [1.29, 1.82) is 0 Å². The lowest BCUT2D eigenvalue weighted by atomic mass is 10.1. The molecule has 2 heterocycles. The number of rotatable bonds is 3. The molecule has 4 rings (SSSR count). The first-order valence-corrected chi connectivity index (χ1v) is 10.1. The monoisotopic (exact) mass is 367 g/mol. The first-order valence-electron chi connectivity index (χ1n) is 9.26. The van der Waals surface area contributed by atoms with Gasteiger partial charge >= 0.3 is 0 Å². The molecule has 0 unspecified atom stereocenters. The van der Waals surface area contributed by atoms with Crippen LogP contribution in [0.4, 0.5) is 5.69 Å². The summed E-state index contributed by atoms with van der Waals surface area (Å²) >= 11 is 1.68. The summed E-state index contributed by atoms with van der Waals surface area (Å²) < 4.78 is 1.72. The van der Waals surface area contributed by atoms with Crippen LogP contribution in [0.2, 0.25) is 0 Å². The third-order valence-electron chi connectivity index (χ3n) is 4.61. The summed E-state index contributed by atoms with van der Waals surface area (Å²) in [6.45, 7) is 8.45. The van der Waals surface area contributed by atoms with Crippen molar-refractivity contribution in [2.45, 2.75) is 53.5 Å². The van der Waals surface area contributed by atoms with E-state index in [1.54, 1.807) is 28.4 Å². The molecular weight excluding hydrogens is 342 g/mol. The Labute approximate surface area is 158 Å². The minimum atomic E-state index is 0.0762. The zero-order chi connectivity index (χ0) is 18.7. The topological polar surface area (TPSA) is 47.2 Å². The molecular formula is C21H25N3OS. The Hall–Kier alpha value is -2.27. The molecule has 26 heavy (non-hydrogen) atoms. The quantitative estimate of drug-likeness (QED) is 0.608. The van der Waals surface area contributed by atoms with Crippen LogP contribution in [0.15, 0.2) is 34.3 Å². The van der Waals surface area contributed by atoms with Gasteiger partial charge in [0.05, 0.1) is 23.9 Å². The van der Waals surface area contributed by atoms with Gasteiger partial charge in [0.2, 0.25) is 0 Å². The van der Waals surface area contributed by atoms with Crippen molar-refractivity contribution in [2.24, 2.45) is 4.99 Å². The number of thiophene rings is 1. The Morgan fingerprint density at radius 2 is 2.12 bits per heavy atom. The van der Waals surface area contributed by atoms with Gasteiger partial charge < -0.3 is 0 Å². The van der Waals surface area contributed by atoms with Crippen LogP contribution in [0.5, 0.6) is 0 Å². The molecule has 1 aliphatic rings. The van der Waals surface area contributed by atoms with Crippen LogP contribution in [0.3, 0.4) is 0 Å². The Balaban J connectivity index is 0.000000948. The van der Waals surface area contributed by atoms with Crippen molar-refractivity contribution in [1.82, 2.24) is 9.55 Å². The number of para-hydroxylation sites is 1. The van der Waals surface area contributed by atoms with Gasteiger partial charge in [-0.25, -0.2) is 4.98 Å². The molecule has 0 saturated carbocycles. The molecule has 5 heteroatoms. The second-order valence-corrected chi connectivity index (χ2v) is 7.27. The second-order valence-electron chi connectivity index (χ2n) is 6.19. The summed E-state index contributed by atoms with van der Waals surface area (Å²) in [5.41, 5.74) is 4.42. The van der Waals surface area contributed by atoms with Crippen molar-refractivity contribution in [3.8, 4) is 0 Å². The molecule has 0 fully saturated rings. The SMILES string of the molecule is CC.CC=Nc1c(C)cccc1Cn1cnc2sc3c(c2c1=O)CCC3. The van der Waals surface area contributed by atoms with Gasteiger partial charge in [-0.1, -0.05) is 32.0 Å². The molecule has 0 aliphatic heterocycles. The molecule has 136 valence electrons. The molecule has 0 atom stereocenters. The first kappa shape index (κ1) is 18.5. The minimum Gasteiger partial charge on any atom is -0.294 e. The molecule has 3 aromatic rings. The average molecular weight is 368 g/mol. The molecule has 2 aromatic heterocycles. The molecule has 0 radical (unpaired) electrons. The average Bonchev–Trinajstić information content (AvgIpc) is 3.23. The fourth-order valence-electron chi connectivity index (χ4n) is 3.48. The van der Waals surface area contributed by atoms with Crippen LogP contribution >= 0.6 is 11.3 Å². The molecule has 0 saturated heterocycles. The fraction of sp³-hybridized carbons (Fsp3) is 0.381. The molecule has 0 spiro atoms. The number of hydrogen-bond donors (Lipinski definition) is 0. The van der Waals surface area contributed by atoms with E-state index in [1.807, 2.05) is 45.9 Å². The number of hydrogen-bond acceptors (Lipinski definition) is 4. The predicted molar refractivity (Wildman–Crippen MR) is 111 cm³/mol. The third-order valence-corrected chi connectivity index (χ3v) is 5.81. The van der Waals surface area contributed by atoms with Crippen molar-refractivity contribution in [3.63, 3.8) is 0 Å². The van der Waals surface area contributed by atoms with E-state index in [0.29, 0.717) is 6.54 Å². The normalized spacial score (nSPS) is 13.1. The molecule has 1 aliphatic carbocycles. The predicted octanol–water partition coefficient (Wildman–Crippen LogP) is 5.05. The molecule has 0 amide bonds. The Bertz CT molecular complexity index is 1010. The van der Waals surface area contributed by atoms with Crippen LogP contribution in [-0.2, 0) is 19.4 Å². The van der Waals surface area contributed by atoms with Gasteiger partial charge in [-0.15, -0.1) is 11.3 Å². The number of aromatic nitrogens is 2. The zero-order valence-corrected chi connectivity index (χ0v) is 16.7. The van der Waals surface area contributed by atoms with E-state index in [9.17, 15) is 4.79 Å². The summed E-state index contributed by atoms with van der Waals surface area (Å²) in [5, 5.41) is 0.836. The lowest BCUT2D eigenvalue weighted by Crippen LogP contribution is -2.21. The van der Waals surface area contributed by atoms with E-state index in [0.717, 1.165) is 46.3 Å². The number of fused-ring (bicyclic) bond motifs is 3. The standard InChI is InChI=1S/C19H19N3OS.C2H6/c1-3-20-17-12(2)6-4-7-13(17)10-22-11-21-18-16(19(22)23)14-8-5-9-15(14)24-18;1-2/h3-4,6-7,11H,5,8-10H2,1-2H3;1-2H3. The Kier molecular flexibility index (Phi) is 5.67. The van der Waals surface area contributed by atoms with Gasteiger partial charge in [-0.3, -0.25) is 14.4 Å². The van der Waals surface area contributed by atoms with E-state index in [2.05, 4.69) is 9.98 Å². The van der Waals surface area contributed by atoms with Crippen LogP contribution in [-0.4, -0.2) is 15.8 Å². The van der Waals surface area contributed by atoms with Crippen LogP contribution in [0.1, 0.15) is 48.8 Å². The molecule has 0 N–H and O–H groups in total. The summed E-state index contributed by atoms with van der Waals surface area (Å²) in [6.07, 6.45) is 6.72. The lowest BCUT2D eigenvalue weighted by Gasteiger charge is -2.10. The van der Waals surface area contributed by atoms with Gasteiger partial charge in [-0.2, -0.15) is 0 Å². The van der Waals surface area contributed by atoms with Crippen molar-refractivity contribution in [3.05, 3.63) is 56.4 Å². The lowest BCUT2D eigenvalue weighted by molar-refractivity contribution is 0.748. The van der Waals surface area contributed by atoms with Gasteiger partial charge in [0.15, 0.2) is 0 Å². The maximum atomic E-state index is 13.0. The van der Waals surface area contributed by atoms with Gasteiger partial charge in [0.1, 0.15) is 4.83 Å². The van der Waals surface area contributed by atoms with Crippen molar-refractivity contribution in [2.75, 3.05) is 0 Å². The number of benzene rings is 1. The maximum absolute atomic E-state index is 13.0. The molecule has 4 nitrogen and oxygen atoms in total.